The Morgan fingerprint density at radius 3 is 2.80 bits per heavy atom. The molecule has 0 aromatic carbocycles. The Balaban J connectivity index is 1.57. The second-order valence-corrected chi connectivity index (χ2v) is 6.50. The predicted molar refractivity (Wildman–Crippen MR) is 92.8 cm³/mol. The molecule has 0 radical (unpaired) electrons. The van der Waals surface area contributed by atoms with Crippen LogP contribution in [0.5, 0.6) is 0 Å². The van der Waals surface area contributed by atoms with Gasteiger partial charge in [0.15, 0.2) is 5.82 Å². The molecule has 8 heteroatoms. The summed E-state index contributed by atoms with van der Waals surface area (Å²) in [6.45, 7) is 4.46. The van der Waals surface area contributed by atoms with Crippen LogP contribution < -0.4 is 10.6 Å². The van der Waals surface area contributed by atoms with E-state index in [4.69, 9.17) is 4.42 Å². The van der Waals surface area contributed by atoms with Crippen molar-refractivity contribution in [1.82, 2.24) is 30.3 Å². The number of hydrogen-bond donors (Lipinski definition) is 2. The number of piperidine rings is 1. The van der Waals surface area contributed by atoms with Gasteiger partial charge in [-0.15, -0.1) is 10.2 Å². The summed E-state index contributed by atoms with van der Waals surface area (Å²) >= 11 is 0. The van der Waals surface area contributed by atoms with Crippen molar-refractivity contribution in [2.45, 2.75) is 38.3 Å². The van der Waals surface area contributed by atoms with Gasteiger partial charge in [0.05, 0.1) is 18.3 Å². The third kappa shape index (κ3) is 4.39. The molecule has 1 fully saturated rings. The first-order chi connectivity index (χ1) is 12.1. The Kier molecular flexibility index (Phi) is 5.70. The first-order valence-electron chi connectivity index (χ1n) is 8.81. The van der Waals surface area contributed by atoms with E-state index >= 15 is 0 Å². The number of urea groups is 1. The fourth-order valence-electron chi connectivity index (χ4n) is 3.31. The summed E-state index contributed by atoms with van der Waals surface area (Å²) in [4.78, 5) is 14.7. The van der Waals surface area contributed by atoms with Crippen LogP contribution in [0, 0.1) is 0 Å². The Bertz CT molecular complexity index is 662. The molecule has 2 atom stereocenters. The number of furan rings is 1. The van der Waals surface area contributed by atoms with Crippen LogP contribution in [-0.2, 0) is 7.05 Å². The van der Waals surface area contributed by atoms with Gasteiger partial charge in [0, 0.05) is 13.6 Å². The summed E-state index contributed by atoms with van der Waals surface area (Å²) in [6.07, 6.45) is 6.95. The van der Waals surface area contributed by atoms with E-state index in [1.807, 2.05) is 26.1 Å². The minimum atomic E-state index is -0.218. The van der Waals surface area contributed by atoms with E-state index in [9.17, 15) is 4.79 Å². The molecule has 1 aliphatic heterocycles. The first-order valence-corrected chi connectivity index (χ1v) is 8.81. The highest BCUT2D eigenvalue weighted by Gasteiger charge is 2.25. The van der Waals surface area contributed by atoms with Crippen molar-refractivity contribution in [2.75, 3.05) is 19.6 Å². The molecule has 3 rings (SSSR count). The molecule has 25 heavy (non-hydrogen) atoms. The largest absolute Gasteiger partial charge is 0.468 e. The van der Waals surface area contributed by atoms with Crippen molar-refractivity contribution in [3.63, 3.8) is 0 Å². The maximum atomic E-state index is 12.3. The van der Waals surface area contributed by atoms with E-state index in [1.165, 1.54) is 19.3 Å². The molecular weight excluding hydrogens is 320 g/mol. The summed E-state index contributed by atoms with van der Waals surface area (Å²) in [6, 6.07) is 3.49. The van der Waals surface area contributed by atoms with Crippen LogP contribution in [0.25, 0.3) is 0 Å². The smallest absolute Gasteiger partial charge is 0.315 e. The predicted octanol–water partition coefficient (Wildman–Crippen LogP) is 2.00. The lowest BCUT2D eigenvalue weighted by atomic mass is 10.1. The zero-order valence-corrected chi connectivity index (χ0v) is 14.8. The zero-order chi connectivity index (χ0) is 17.6. The monoisotopic (exact) mass is 346 g/mol. The van der Waals surface area contributed by atoms with E-state index in [1.54, 1.807) is 17.2 Å². The van der Waals surface area contributed by atoms with Gasteiger partial charge in [-0.25, -0.2) is 4.79 Å². The van der Waals surface area contributed by atoms with E-state index in [0.29, 0.717) is 12.4 Å². The Hall–Kier alpha value is -2.35. The van der Waals surface area contributed by atoms with E-state index in [2.05, 4.69) is 25.7 Å². The quantitative estimate of drug-likeness (QED) is 0.835. The van der Waals surface area contributed by atoms with Gasteiger partial charge in [0.25, 0.3) is 0 Å². The van der Waals surface area contributed by atoms with Crippen molar-refractivity contribution in [1.29, 1.82) is 0 Å². The van der Waals surface area contributed by atoms with E-state index < -0.39 is 0 Å². The number of rotatable bonds is 6. The summed E-state index contributed by atoms with van der Waals surface area (Å²) < 4.78 is 7.40. The molecule has 136 valence electrons. The molecular formula is C17H26N6O2. The van der Waals surface area contributed by atoms with Crippen LogP contribution in [0.2, 0.25) is 0 Å². The molecule has 8 nitrogen and oxygen atoms in total. The highest BCUT2D eigenvalue weighted by Crippen LogP contribution is 2.24. The molecule has 0 aliphatic carbocycles. The molecule has 2 N–H and O–H groups in total. The SMILES string of the molecule is C[C@H](NC(=O)NC[C@H](c1ccco1)N1CCCCC1)c1nncn1C. The first kappa shape index (κ1) is 17.5. The van der Waals surface area contributed by atoms with Crippen molar-refractivity contribution in [2.24, 2.45) is 7.05 Å². The minimum absolute atomic E-state index is 0.0613. The van der Waals surface area contributed by atoms with Crippen molar-refractivity contribution in [3.8, 4) is 0 Å². The van der Waals surface area contributed by atoms with Gasteiger partial charge < -0.3 is 19.6 Å². The number of carbonyl (C=O) groups excluding carboxylic acids is 1. The van der Waals surface area contributed by atoms with Gasteiger partial charge in [0.2, 0.25) is 0 Å². The second-order valence-electron chi connectivity index (χ2n) is 6.50. The van der Waals surface area contributed by atoms with Crippen LogP contribution in [0.4, 0.5) is 4.79 Å². The molecule has 2 aromatic rings. The number of likely N-dealkylation sites (tertiary alicyclic amines) is 1. The average molecular weight is 346 g/mol. The Morgan fingerprint density at radius 2 is 2.16 bits per heavy atom. The van der Waals surface area contributed by atoms with Crippen LogP contribution in [0.3, 0.4) is 0 Å². The number of amides is 2. The Morgan fingerprint density at radius 1 is 1.36 bits per heavy atom. The van der Waals surface area contributed by atoms with Crippen molar-refractivity contribution in [3.05, 3.63) is 36.3 Å². The number of hydrogen-bond acceptors (Lipinski definition) is 5. The van der Waals surface area contributed by atoms with Gasteiger partial charge in [-0.2, -0.15) is 0 Å². The Labute approximate surface area is 147 Å². The van der Waals surface area contributed by atoms with Gasteiger partial charge in [-0.3, -0.25) is 4.90 Å². The summed E-state index contributed by atoms with van der Waals surface area (Å²) in [7, 11) is 1.86. The number of carbonyl (C=O) groups is 1. The second kappa shape index (κ2) is 8.15. The van der Waals surface area contributed by atoms with E-state index in [0.717, 1.165) is 18.8 Å². The number of aryl methyl sites for hydroxylation is 1. The third-order valence-corrected chi connectivity index (χ3v) is 4.64. The van der Waals surface area contributed by atoms with Crippen LogP contribution in [0.1, 0.15) is 49.9 Å². The van der Waals surface area contributed by atoms with Crippen LogP contribution in [0.15, 0.2) is 29.1 Å². The van der Waals surface area contributed by atoms with Crippen LogP contribution >= 0.6 is 0 Å². The number of nitrogens with zero attached hydrogens (tertiary/aromatic N) is 4. The lowest BCUT2D eigenvalue weighted by Crippen LogP contribution is -2.44. The molecule has 3 heterocycles. The molecule has 0 unspecified atom stereocenters. The van der Waals surface area contributed by atoms with Gasteiger partial charge in [0.1, 0.15) is 12.1 Å². The highest BCUT2D eigenvalue weighted by molar-refractivity contribution is 5.74. The molecule has 1 saturated heterocycles. The van der Waals surface area contributed by atoms with Crippen LogP contribution in [-0.4, -0.2) is 45.3 Å². The van der Waals surface area contributed by atoms with Crippen molar-refractivity contribution >= 4 is 6.03 Å². The number of nitrogens with one attached hydrogen (secondary N) is 2. The molecule has 0 spiro atoms. The lowest BCUT2D eigenvalue weighted by molar-refractivity contribution is 0.143. The zero-order valence-electron chi connectivity index (χ0n) is 14.8. The number of aromatic nitrogens is 3. The summed E-state index contributed by atoms with van der Waals surface area (Å²) in [5, 5.41) is 13.7. The van der Waals surface area contributed by atoms with Gasteiger partial charge in [-0.05, 0) is 45.0 Å². The normalized spacial score (nSPS) is 17.8. The molecule has 2 amide bonds. The maximum absolute atomic E-state index is 12.3. The fraction of sp³-hybridized carbons (Fsp3) is 0.588. The molecule has 2 aromatic heterocycles. The molecule has 0 bridgehead atoms. The lowest BCUT2D eigenvalue weighted by Gasteiger charge is -2.33. The fourth-order valence-corrected chi connectivity index (χ4v) is 3.31. The van der Waals surface area contributed by atoms with Gasteiger partial charge in [-0.1, -0.05) is 6.42 Å². The van der Waals surface area contributed by atoms with Gasteiger partial charge >= 0.3 is 6.03 Å². The maximum Gasteiger partial charge on any atom is 0.315 e. The molecule has 0 saturated carbocycles. The summed E-state index contributed by atoms with van der Waals surface area (Å²) in [5.74, 6) is 1.61. The standard InChI is InChI=1S/C17H26N6O2/c1-13(16-21-19-12-22(16)2)20-17(24)18-11-14(15-7-6-10-25-15)23-8-4-3-5-9-23/h6-7,10,12-14H,3-5,8-9,11H2,1-2H3,(H2,18,20,24)/t13-,14+/m0/s1. The minimum Gasteiger partial charge on any atom is -0.468 e. The molecule has 1 aliphatic rings. The van der Waals surface area contributed by atoms with E-state index in [-0.39, 0.29) is 18.1 Å². The third-order valence-electron chi connectivity index (χ3n) is 4.64. The highest BCUT2D eigenvalue weighted by atomic mass is 16.3. The average Bonchev–Trinajstić information content (AvgIpc) is 3.28. The van der Waals surface area contributed by atoms with Crippen molar-refractivity contribution < 1.29 is 9.21 Å². The summed E-state index contributed by atoms with van der Waals surface area (Å²) in [5.41, 5.74) is 0. The topological polar surface area (TPSA) is 88.2 Å².